The normalized spacial score (nSPS) is 13.7. The summed E-state index contributed by atoms with van der Waals surface area (Å²) in [6, 6.07) is -1.88. The number of hydrazine groups is 1. The standard InChI is InChI=1S/C24H42N6O7/c1-17(2)22(23(36)27-9-13-33)28-20(34)15-19(29(5)21(35)7-6-11-31)18(25)16-30(26)10-14-37-24(3,4)8-12-32/h6-7,11,13,16-17,19,22,32H,8-10,12,14-15,25-26H2,1-5H3,(H,27,36)(H,28,34)/b7-6-,18-16-. The van der Waals surface area contributed by atoms with Crippen molar-refractivity contribution in [2.45, 2.75) is 58.2 Å². The van der Waals surface area contributed by atoms with Gasteiger partial charge in [0.2, 0.25) is 17.7 Å². The first-order valence-electron chi connectivity index (χ1n) is 11.9. The predicted molar refractivity (Wildman–Crippen MR) is 137 cm³/mol. The SMILES string of the molecule is CC(C)C(NC(=O)CC(/C(N)=C/N(N)CCOC(C)(C)CCO)N(C)C(=O)/C=C\C=O)C(=O)NCC=O. The molecule has 0 aliphatic carbocycles. The molecule has 0 rings (SSSR count). The average molecular weight is 527 g/mol. The quantitative estimate of drug-likeness (QED) is 0.0611. The number of hydrogen-bond donors (Lipinski definition) is 5. The molecule has 0 heterocycles. The molecule has 13 nitrogen and oxygen atoms in total. The highest BCUT2D eigenvalue weighted by molar-refractivity contribution is 5.92. The minimum Gasteiger partial charge on any atom is -0.399 e. The van der Waals surface area contributed by atoms with Crippen molar-refractivity contribution in [1.29, 1.82) is 0 Å². The van der Waals surface area contributed by atoms with E-state index >= 15 is 0 Å². The van der Waals surface area contributed by atoms with Gasteiger partial charge in [-0.15, -0.1) is 0 Å². The van der Waals surface area contributed by atoms with Crippen molar-refractivity contribution in [3.05, 3.63) is 24.0 Å². The highest BCUT2D eigenvalue weighted by Crippen LogP contribution is 2.14. The second kappa shape index (κ2) is 17.2. The van der Waals surface area contributed by atoms with Gasteiger partial charge in [-0.2, -0.15) is 0 Å². The zero-order valence-corrected chi connectivity index (χ0v) is 22.3. The van der Waals surface area contributed by atoms with Gasteiger partial charge in [0, 0.05) is 31.6 Å². The fraction of sp³-hybridized carbons (Fsp3) is 0.625. The molecule has 0 saturated carbocycles. The van der Waals surface area contributed by atoms with Gasteiger partial charge in [-0.3, -0.25) is 19.2 Å². The molecule has 0 aromatic rings. The van der Waals surface area contributed by atoms with Gasteiger partial charge >= 0.3 is 0 Å². The topological polar surface area (TPSA) is 197 Å². The molecule has 0 bridgehead atoms. The number of aliphatic hydroxyl groups is 1. The number of nitrogens with zero attached hydrogens (tertiary/aromatic N) is 2. The molecule has 37 heavy (non-hydrogen) atoms. The Balaban J connectivity index is 5.63. The number of nitrogens with one attached hydrogen (secondary N) is 2. The molecule has 0 aliphatic heterocycles. The molecule has 7 N–H and O–H groups in total. The molecule has 2 unspecified atom stereocenters. The van der Waals surface area contributed by atoms with Crippen LogP contribution in [-0.2, 0) is 28.7 Å². The summed E-state index contributed by atoms with van der Waals surface area (Å²) in [5.74, 6) is 4.05. The molecule has 2 atom stereocenters. The Morgan fingerprint density at radius 1 is 1.19 bits per heavy atom. The number of amides is 3. The summed E-state index contributed by atoms with van der Waals surface area (Å²) in [7, 11) is 1.41. The van der Waals surface area contributed by atoms with Crippen molar-refractivity contribution in [3.8, 4) is 0 Å². The molecule has 0 radical (unpaired) electrons. The lowest BCUT2D eigenvalue weighted by molar-refractivity contribution is -0.132. The van der Waals surface area contributed by atoms with Crippen LogP contribution in [0.5, 0.6) is 0 Å². The van der Waals surface area contributed by atoms with E-state index in [9.17, 15) is 24.0 Å². The maximum atomic E-state index is 12.9. The molecule has 0 aromatic heterocycles. The van der Waals surface area contributed by atoms with E-state index in [0.29, 0.717) is 19.0 Å². The third kappa shape index (κ3) is 13.6. The molecule has 0 spiro atoms. The first-order valence-corrected chi connectivity index (χ1v) is 11.9. The molecule has 0 fully saturated rings. The van der Waals surface area contributed by atoms with Crippen molar-refractivity contribution >= 4 is 30.3 Å². The van der Waals surface area contributed by atoms with Gasteiger partial charge in [0.1, 0.15) is 18.6 Å². The molecule has 0 aliphatic rings. The van der Waals surface area contributed by atoms with E-state index in [1.54, 1.807) is 13.8 Å². The summed E-state index contributed by atoms with van der Waals surface area (Å²) in [6.45, 7) is 7.36. The zero-order chi connectivity index (χ0) is 28.6. The third-order valence-electron chi connectivity index (χ3n) is 5.39. The fourth-order valence-corrected chi connectivity index (χ4v) is 3.18. The molecule has 210 valence electrons. The number of ether oxygens (including phenoxy) is 1. The first-order chi connectivity index (χ1) is 17.3. The van der Waals surface area contributed by atoms with Crippen molar-refractivity contribution in [3.63, 3.8) is 0 Å². The van der Waals surface area contributed by atoms with Crippen LogP contribution in [0.15, 0.2) is 24.0 Å². The Morgan fingerprint density at radius 2 is 1.84 bits per heavy atom. The summed E-state index contributed by atoms with van der Waals surface area (Å²) in [5, 5.41) is 15.4. The van der Waals surface area contributed by atoms with Gasteiger partial charge in [-0.25, -0.2) is 5.84 Å². The van der Waals surface area contributed by atoms with E-state index in [4.69, 9.17) is 21.4 Å². The minimum atomic E-state index is -0.965. The number of aliphatic hydroxyl groups excluding tert-OH is 1. The van der Waals surface area contributed by atoms with Gasteiger partial charge in [0.25, 0.3) is 0 Å². The smallest absolute Gasteiger partial charge is 0.246 e. The summed E-state index contributed by atoms with van der Waals surface area (Å²) >= 11 is 0. The molecule has 0 saturated heterocycles. The summed E-state index contributed by atoms with van der Waals surface area (Å²) in [5.41, 5.74) is 5.77. The van der Waals surface area contributed by atoms with Gasteiger partial charge in [0.15, 0.2) is 0 Å². The number of nitrogens with two attached hydrogens (primary N) is 2. The van der Waals surface area contributed by atoms with Gasteiger partial charge in [-0.05, 0) is 32.3 Å². The van der Waals surface area contributed by atoms with E-state index in [1.165, 1.54) is 23.2 Å². The van der Waals surface area contributed by atoms with Crippen molar-refractivity contribution < 1.29 is 33.8 Å². The number of carbonyl (C=O) groups is 5. The summed E-state index contributed by atoms with van der Waals surface area (Å²) in [4.78, 5) is 60.1. The monoisotopic (exact) mass is 526 g/mol. The largest absolute Gasteiger partial charge is 0.399 e. The Labute approximate surface area is 218 Å². The molecular formula is C24H42N6O7. The van der Waals surface area contributed by atoms with Crippen molar-refractivity contribution in [2.75, 3.05) is 33.4 Å². The lowest BCUT2D eigenvalue weighted by Crippen LogP contribution is -2.52. The van der Waals surface area contributed by atoms with Crippen LogP contribution in [0.2, 0.25) is 0 Å². The predicted octanol–water partition coefficient (Wildman–Crippen LogP) is -1.43. The van der Waals surface area contributed by atoms with Crippen LogP contribution in [0.4, 0.5) is 0 Å². The maximum Gasteiger partial charge on any atom is 0.246 e. The minimum absolute atomic E-state index is 0.0226. The van der Waals surface area contributed by atoms with E-state index in [1.807, 2.05) is 13.8 Å². The molecule has 3 amide bonds. The van der Waals surface area contributed by atoms with Gasteiger partial charge in [-0.1, -0.05) is 13.8 Å². The second-order valence-electron chi connectivity index (χ2n) is 9.31. The van der Waals surface area contributed by atoms with Crippen LogP contribution in [-0.4, -0.2) is 96.3 Å². The Morgan fingerprint density at radius 3 is 2.38 bits per heavy atom. The fourth-order valence-electron chi connectivity index (χ4n) is 3.18. The van der Waals surface area contributed by atoms with Crippen LogP contribution in [0.3, 0.4) is 0 Å². The lowest BCUT2D eigenvalue weighted by Gasteiger charge is -2.30. The van der Waals surface area contributed by atoms with Crippen molar-refractivity contribution in [1.82, 2.24) is 20.5 Å². The number of rotatable bonds is 18. The summed E-state index contributed by atoms with van der Waals surface area (Å²) in [6.07, 6.45) is 4.52. The van der Waals surface area contributed by atoms with Crippen LogP contribution in [0.1, 0.15) is 40.5 Å². The van der Waals surface area contributed by atoms with E-state index in [0.717, 1.165) is 12.2 Å². The van der Waals surface area contributed by atoms with Crippen molar-refractivity contribution in [2.24, 2.45) is 17.5 Å². The number of allylic oxidation sites excluding steroid dienone is 1. The number of aldehydes is 2. The Kier molecular flexibility index (Phi) is 15.7. The molecular weight excluding hydrogens is 484 g/mol. The lowest BCUT2D eigenvalue weighted by atomic mass is 10.0. The number of hydrogen-bond acceptors (Lipinski definition) is 10. The first kappa shape index (κ1) is 33.7. The Hall–Kier alpha value is -3.29. The second-order valence-corrected chi connectivity index (χ2v) is 9.31. The van der Waals surface area contributed by atoms with E-state index in [-0.39, 0.29) is 44.3 Å². The van der Waals surface area contributed by atoms with Gasteiger partial charge in [0.05, 0.1) is 37.8 Å². The van der Waals surface area contributed by atoms with Crippen LogP contribution in [0, 0.1) is 5.92 Å². The number of likely N-dealkylation sites (N-methyl/N-ethyl adjacent to an activating group) is 1. The third-order valence-corrected chi connectivity index (χ3v) is 5.39. The number of carbonyl (C=O) groups excluding carboxylic acids is 5. The van der Waals surface area contributed by atoms with E-state index in [2.05, 4.69) is 10.6 Å². The maximum absolute atomic E-state index is 12.9. The van der Waals surface area contributed by atoms with Crippen LogP contribution < -0.4 is 22.2 Å². The van der Waals surface area contributed by atoms with E-state index < -0.39 is 35.4 Å². The highest BCUT2D eigenvalue weighted by Gasteiger charge is 2.29. The average Bonchev–Trinajstić information content (AvgIpc) is 2.81. The molecule has 13 heteroatoms. The molecule has 0 aromatic carbocycles. The van der Waals surface area contributed by atoms with Crippen LogP contribution in [0.25, 0.3) is 0 Å². The Bertz CT molecular complexity index is 828. The highest BCUT2D eigenvalue weighted by atomic mass is 16.5. The van der Waals surface area contributed by atoms with Gasteiger partial charge < -0.3 is 40.9 Å². The summed E-state index contributed by atoms with van der Waals surface area (Å²) < 4.78 is 5.71. The zero-order valence-electron chi connectivity index (χ0n) is 22.3. The van der Waals surface area contributed by atoms with Crippen LogP contribution >= 0.6 is 0 Å².